The van der Waals surface area contributed by atoms with Gasteiger partial charge in [-0.25, -0.2) is 13.4 Å². The predicted molar refractivity (Wildman–Crippen MR) is 116 cm³/mol. The van der Waals surface area contributed by atoms with Crippen molar-refractivity contribution in [3.63, 3.8) is 0 Å². The quantitative estimate of drug-likeness (QED) is 0.726. The molecule has 3 heterocycles. The molecule has 7 nitrogen and oxygen atoms in total. The average molecular weight is 449 g/mol. The molecule has 1 saturated heterocycles. The highest BCUT2D eigenvalue weighted by atomic mass is 35.5. The van der Waals surface area contributed by atoms with Crippen molar-refractivity contribution in [1.29, 1.82) is 0 Å². The number of aliphatic hydroxyl groups is 1. The Balaban J connectivity index is 1.39. The third-order valence-electron chi connectivity index (χ3n) is 6.50. The number of benzene rings is 1. The molecule has 1 aromatic carbocycles. The molecule has 2 aromatic rings. The fourth-order valence-electron chi connectivity index (χ4n) is 4.41. The van der Waals surface area contributed by atoms with Gasteiger partial charge in [-0.1, -0.05) is 23.7 Å². The van der Waals surface area contributed by atoms with E-state index < -0.39 is 15.4 Å². The van der Waals surface area contributed by atoms with Crippen molar-refractivity contribution in [3.05, 3.63) is 40.5 Å². The molecular weight excluding hydrogens is 424 g/mol. The molecule has 3 aliphatic rings. The van der Waals surface area contributed by atoms with Gasteiger partial charge in [0.15, 0.2) is 15.7 Å². The molecule has 0 atom stereocenters. The van der Waals surface area contributed by atoms with Gasteiger partial charge in [0.25, 0.3) is 0 Å². The number of sulfone groups is 1. The smallest absolute Gasteiger partial charge is 0.227 e. The van der Waals surface area contributed by atoms with Gasteiger partial charge < -0.3 is 15.3 Å². The number of aromatic nitrogens is 2. The molecule has 2 fully saturated rings. The van der Waals surface area contributed by atoms with Crippen molar-refractivity contribution in [2.45, 2.75) is 48.5 Å². The van der Waals surface area contributed by atoms with Gasteiger partial charge in [-0.2, -0.15) is 4.98 Å². The first-order valence-corrected chi connectivity index (χ1v) is 12.5. The van der Waals surface area contributed by atoms with Crippen LogP contribution in [-0.2, 0) is 16.3 Å². The van der Waals surface area contributed by atoms with Gasteiger partial charge in [-0.15, -0.1) is 0 Å². The third kappa shape index (κ3) is 3.65. The molecular formula is C21H25ClN4O3S. The molecule has 160 valence electrons. The van der Waals surface area contributed by atoms with E-state index in [4.69, 9.17) is 11.6 Å². The number of anilines is 2. The number of nitrogens with one attached hydrogen (secondary N) is 1. The lowest BCUT2D eigenvalue weighted by Gasteiger charge is -2.33. The Morgan fingerprint density at radius 1 is 1.17 bits per heavy atom. The summed E-state index contributed by atoms with van der Waals surface area (Å²) in [6, 6.07) is 8.04. The number of hydrogen-bond acceptors (Lipinski definition) is 7. The van der Waals surface area contributed by atoms with Crippen LogP contribution in [0.3, 0.4) is 0 Å². The number of aryl methyl sites for hydroxylation is 1. The summed E-state index contributed by atoms with van der Waals surface area (Å²) in [5.74, 6) is 1.48. The summed E-state index contributed by atoms with van der Waals surface area (Å²) in [5.41, 5.74) is 1.44. The lowest BCUT2D eigenvalue weighted by Crippen LogP contribution is -2.35. The first-order valence-electron chi connectivity index (χ1n) is 10.4. The van der Waals surface area contributed by atoms with E-state index in [-0.39, 0.29) is 17.3 Å². The fourth-order valence-corrected chi connectivity index (χ4v) is 6.10. The first-order chi connectivity index (χ1) is 14.4. The van der Waals surface area contributed by atoms with Crippen molar-refractivity contribution < 1.29 is 13.5 Å². The summed E-state index contributed by atoms with van der Waals surface area (Å²) in [7, 11) is -3.38. The van der Waals surface area contributed by atoms with Crippen LogP contribution in [0.1, 0.15) is 42.9 Å². The van der Waals surface area contributed by atoms with E-state index in [9.17, 15) is 13.5 Å². The minimum atomic E-state index is -3.38. The van der Waals surface area contributed by atoms with E-state index >= 15 is 0 Å². The molecule has 0 bridgehead atoms. The Kier molecular flexibility index (Phi) is 4.91. The van der Waals surface area contributed by atoms with E-state index in [1.807, 2.05) is 12.1 Å². The Morgan fingerprint density at radius 2 is 1.87 bits per heavy atom. The number of halogens is 1. The molecule has 9 heteroatoms. The van der Waals surface area contributed by atoms with Gasteiger partial charge in [0, 0.05) is 24.5 Å². The maximum atomic E-state index is 12.6. The zero-order valence-corrected chi connectivity index (χ0v) is 18.2. The lowest BCUT2D eigenvalue weighted by atomic mass is 9.89. The van der Waals surface area contributed by atoms with Crippen molar-refractivity contribution in [2.75, 3.05) is 35.7 Å². The molecule has 5 rings (SSSR count). The second kappa shape index (κ2) is 7.35. The van der Waals surface area contributed by atoms with Crippen LogP contribution in [0.4, 0.5) is 11.8 Å². The van der Waals surface area contributed by atoms with Crippen LogP contribution in [0, 0.1) is 0 Å². The third-order valence-corrected chi connectivity index (χ3v) is 8.55. The minimum absolute atomic E-state index is 0.0341. The average Bonchev–Trinajstić information content (AvgIpc) is 3.45. The van der Waals surface area contributed by atoms with Crippen molar-refractivity contribution in [3.8, 4) is 0 Å². The van der Waals surface area contributed by atoms with Crippen molar-refractivity contribution in [2.24, 2.45) is 0 Å². The summed E-state index contributed by atoms with van der Waals surface area (Å²) >= 11 is 6.01. The molecule has 0 unspecified atom stereocenters. The monoisotopic (exact) mass is 448 g/mol. The molecule has 1 saturated carbocycles. The van der Waals surface area contributed by atoms with E-state index in [1.165, 1.54) is 5.56 Å². The topological polar surface area (TPSA) is 95.4 Å². The molecule has 1 aliphatic carbocycles. The molecule has 0 spiro atoms. The van der Waals surface area contributed by atoms with Crippen LogP contribution in [0.2, 0.25) is 5.02 Å². The Hall–Kier alpha value is -1.90. The zero-order chi connectivity index (χ0) is 20.9. The molecule has 2 N–H and O–H groups in total. The number of aliphatic hydroxyl groups excluding tert-OH is 1. The van der Waals surface area contributed by atoms with Gasteiger partial charge in [0.2, 0.25) is 5.95 Å². The van der Waals surface area contributed by atoms with E-state index in [0.717, 1.165) is 43.8 Å². The van der Waals surface area contributed by atoms with Crippen LogP contribution in [0.25, 0.3) is 0 Å². The maximum Gasteiger partial charge on any atom is 0.227 e. The Bertz CT molecular complexity index is 1060. The summed E-state index contributed by atoms with van der Waals surface area (Å²) < 4.78 is 25.1. The highest BCUT2D eigenvalue weighted by molar-refractivity contribution is 7.91. The SMILES string of the molecule is O=S1(=O)CCc2nc(N3CCC(c4ccc(Cl)cc4)CC3)nc(NC3(CO)CC3)c21. The van der Waals surface area contributed by atoms with Crippen LogP contribution in [0.5, 0.6) is 0 Å². The number of hydrogen-bond donors (Lipinski definition) is 2. The maximum absolute atomic E-state index is 12.6. The second-order valence-electron chi connectivity index (χ2n) is 8.59. The Morgan fingerprint density at radius 3 is 2.50 bits per heavy atom. The standard InChI is InChI=1S/C21H25ClN4O3S/c22-16-3-1-14(2-4-16)15-5-10-26(11-6-15)20-23-17-7-12-30(28,29)18(17)19(24-20)25-21(13-27)8-9-21/h1-4,15,27H,5-13H2,(H,23,24,25). The fraction of sp³-hybridized carbons (Fsp3) is 0.524. The van der Waals surface area contributed by atoms with Gasteiger partial charge in [0.1, 0.15) is 4.90 Å². The van der Waals surface area contributed by atoms with Crippen LogP contribution >= 0.6 is 11.6 Å². The Labute approximate surface area is 181 Å². The van der Waals surface area contributed by atoms with Crippen LogP contribution in [0.15, 0.2) is 29.2 Å². The molecule has 2 aliphatic heterocycles. The van der Waals surface area contributed by atoms with E-state index in [1.54, 1.807) is 0 Å². The number of rotatable bonds is 5. The number of piperidine rings is 1. The lowest BCUT2D eigenvalue weighted by molar-refractivity contribution is 0.265. The second-order valence-corrected chi connectivity index (χ2v) is 11.1. The largest absolute Gasteiger partial charge is 0.394 e. The summed E-state index contributed by atoms with van der Waals surface area (Å²) in [6.07, 6.45) is 3.98. The molecule has 30 heavy (non-hydrogen) atoms. The van der Waals surface area contributed by atoms with Gasteiger partial charge in [0.05, 0.1) is 23.6 Å². The highest BCUT2D eigenvalue weighted by Crippen LogP contribution is 2.42. The zero-order valence-electron chi connectivity index (χ0n) is 16.6. The molecule has 0 amide bonds. The highest BCUT2D eigenvalue weighted by Gasteiger charge is 2.45. The van der Waals surface area contributed by atoms with Crippen LogP contribution < -0.4 is 10.2 Å². The summed E-state index contributed by atoms with van der Waals surface area (Å²) in [4.78, 5) is 11.6. The first kappa shape index (κ1) is 20.0. The van der Waals surface area contributed by atoms with Crippen LogP contribution in [-0.4, -0.2) is 54.5 Å². The molecule has 0 radical (unpaired) electrons. The number of nitrogens with zero attached hydrogens (tertiary/aromatic N) is 3. The van der Waals surface area contributed by atoms with Gasteiger partial charge in [-0.3, -0.25) is 0 Å². The minimum Gasteiger partial charge on any atom is -0.394 e. The summed E-state index contributed by atoms with van der Waals surface area (Å²) in [6.45, 7) is 1.58. The van der Waals surface area contributed by atoms with E-state index in [0.29, 0.717) is 29.8 Å². The predicted octanol–water partition coefficient (Wildman–Crippen LogP) is 2.78. The van der Waals surface area contributed by atoms with E-state index in [2.05, 4.69) is 32.3 Å². The van der Waals surface area contributed by atoms with Gasteiger partial charge >= 0.3 is 0 Å². The normalized spacial score (nSPS) is 22.0. The van der Waals surface area contributed by atoms with Crippen molar-refractivity contribution in [1.82, 2.24) is 9.97 Å². The van der Waals surface area contributed by atoms with Crippen molar-refractivity contribution >= 4 is 33.2 Å². The number of fused-ring (bicyclic) bond motifs is 1. The summed E-state index contributed by atoms with van der Waals surface area (Å²) in [5, 5.41) is 13.7. The van der Waals surface area contributed by atoms with Gasteiger partial charge in [-0.05, 0) is 49.3 Å². The molecule has 1 aromatic heterocycles.